The van der Waals surface area contributed by atoms with Gasteiger partial charge in [0.1, 0.15) is 0 Å². The van der Waals surface area contributed by atoms with Gasteiger partial charge < -0.3 is 4.90 Å². The molecule has 4 rings (SSSR count). The zero-order valence-electron chi connectivity index (χ0n) is 21.7. The van der Waals surface area contributed by atoms with Gasteiger partial charge in [0, 0.05) is 62.7 Å². The predicted molar refractivity (Wildman–Crippen MR) is 141 cm³/mol. The van der Waals surface area contributed by atoms with E-state index in [0.29, 0.717) is 17.0 Å². The number of rotatable bonds is 5. The molecule has 0 aromatic heterocycles. The summed E-state index contributed by atoms with van der Waals surface area (Å²) >= 11 is 0. The van der Waals surface area contributed by atoms with Gasteiger partial charge >= 0.3 is 0 Å². The number of carbonyl (C=O) groups is 1. The molecular formula is C28H39N3O3S. The summed E-state index contributed by atoms with van der Waals surface area (Å²) < 4.78 is 23.6. The van der Waals surface area contributed by atoms with E-state index < -0.39 is 9.84 Å². The van der Waals surface area contributed by atoms with Crippen LogP contribution in [0, 0.1) is 13.8 Å². The Bertz CT molecular complexity index is 1130. The Morgan fingerprint density at radius 3 is 2.09 bits per heavy atom. The quantitative estimate of drug-likeness (QED) is 0.623. The van der Waals surface area contributed by atoms with Gasteiger partial charge in [-0.05, 0) is 69.4 Å². The summed E-state index contributed by atoms with van der Waals surface area (Å²) in [6.07, 6.45) is 3.29. The molecule has 2 aliphatic rings. The van der Waals surface area contributed by atoms with E-state index in [4.69, 9.17) is 0 Å². The van der Waals surface area contributed by atoms with Gasteiger partial charge in [0.2, 0.25) is 0 Å². The first-order valence-electron chi connectivity index (χ1n) is 12.7. The number of hydrogen-bond donors (Lipinski definition) is 0. The van der Waals surface area contributed by atoms with Crippen LogP contribution in [-0.2, 0) is 9.84 Å². The summed E-state index contributed by atoms with van der Waals surface area (Å²) in [4.78, 5) is 20.7. The van der Waals surface area contributed by atoms with E-state index in [9.17, 15) is 13.2 Å². The van der Waals surface area contributed by atoms with E-state index >= 15 is 0 Å². The Hall–Kier alpha value is -2.22. The van der Waals surface area contributed by atoms with E-state index in [0.717, 1.165) is 67.8 Å². The monoisotopic (exact) mass is 497 g/mol. The van der Waals surface area contributed by atoms with Gasteiger partial charge in [-0.15, -0.1) is 0 Å². The lowest BCUT2D eigenvalue weighted by Gasteiger charge is -2.47. The highest BCUT2D eigenvalue weighted by molar-refractivity contribution is 7.90. The minimum Gasteiger partial charge on any atom is -0.339 e. The van der Waals surface area contributed by atoms with Crippen molar-refractivity contribution in [2.24, 2.45) is 0 Å². The van der Waals surface area contributed by atoms with Gasteiger partial charge in [-0.3, -0.25) is 14.6 Å². The number of benzene rings is 2. The summed E-state index contributed by atoms with van der Waals surface area (Å²) in [5.41, 5.74) is 4.13. The molecule has 2 aliphatic heterocycles. The van der Waals surface area contributed by atoms with Crippen LogP contribution in [0.1, 0.15) is 59.8 Å². The molecule has 0 spiro atoms. The van der Waals surface area contributed by atoms with Crippen molar-refractivity contribution in [1.29, 1.82) is 0 Å². The largest absolute Gasteiger partial charge is 0.339 e. The van der Waals surface area contributed by atoms with Crippen molar-refractivity contribution in [2.75, 3.05) is 39.0 Å². The van der Waals surface area contributed by atoms with Crippen LogP contribution in [0.5, 0.6) is 0 Å². The molecule has 2 aromatic carbocycles. The molecule has 35 heavy (non-hydrogen) atoms. The van der Waals surface area contributed by atoms with Crippen LogP contribution >= 0.6 is 0 Å². The molecule has 2 aromatic rings. The molecule has 0 radical (unpaired) electrons. The van der Waals surface area contributed by atoms with Crippen LogP contribution in [0.2, 0.25) is 0 Å². The Morgan fingerprint density at radius 1 is 0.943 bits per heavy atom. The Morgan fingerprint density at radius 2 is 1.54 bits per heavy atom. The average Bonchev–Trinajstić information content (AvgIpc) is 2.83. The number of hydrogen-bond acceptors (Lipinski definition) is 5. The Balaban J connectivity index is 1.33. The van der Waals surface area contributed by atoms with Crippen LogP contribution in [0.25, 0.3) is 0 Å². The van der Waals surface area contributed by atoms with Crippen molar-refractivity contribution < 1.29 is 13.2 Å². The second-order valence-corrected chi connectivity index (χ2v) is 12.4. The molecule has 2 saturated heterocycles. The topological polar surface area (TPSA) is 60.9 Å². The van der Waals surface area contributed by atoms with Gasteiger partial charge in [-0.25, -0.2) is 8.42 Å². The van der Waals surface area contributed by atoms with Crippen molar-refractivity contribution in [2.45, 2.75) is 63.6 Å². The van der Waals surface area contributed by atoms with Crippen LogP contribution < -0.4 is 0 Å². The normalized spacial score (nSPS) is 21.7. The summed E-state index contributed by atoms with van der Waals surface area (Å²) in [6.45, 7) is 13.2. The van der Waals surface area contributed by atoms with Gasteiger partial charge in [0.25, 0.3) is 5.91 Å². The molecule has 1 amide bonds. The second kappa shape index (κ2) is 10.4. The standard InChI is InChI=1S/C28H39N3O3S/c1-20-7-6-8-21(2)27(20)28(32)29-15-13-25(14-16-29)30-17-18-31(22(3)19-30)23(4)24-9-11-26(12-10-24)35(5,33)34/h6-12,22-23,25H,13-19H2,1-5H3/t22-,23-/m0/s1. The average molecular weight is 498 g/mol. The molecule has 6 nitrogen and oxygen atoms in total. The molecule has 0 saturated carbocycles. The first kappa shape index (κ1) is 25.9. The van der Waals surface area contributed by atoms with E-state index in [-0.39, 0.29) is 11.9 Å². The number of likely N-dealkylation sites (tertiary alicyclic amines) is 1. The molecule has 7 heteroatoms. The Labute approximate surface area is 210 Å². The third-order valence-electron chi connectivity index (χ3n) is 7.96. The number of sulfone groups is 1. The minimum absolute atomic E-state index is 0.174. The van der Waals surface area contributed by atoms with E-state index in [1.165, 1.54) is 6.26 Å². The van der Waals surface area contributed by atoms with Crippen molar-refractivity contribution in [3.63, 3.8) is 0 Å². The predicted octanol–water partition coefficient (Wildman–Crippen LogP) is 4.08. The highest BCUT2D eigenvalue weighted by atomic mass is 32.2. The first-order valence-corrected chi connectivity index (χ1v) is 14.6. The molecule has 190 valence electrons. The van der Waals surface area contributed by atoms with Crippen molar-refractivity contribution >= 4 is 15.7 Å². The SMILES string of the molecule is Cc1cccc(C)c1C(=O)N1CCC(N2CCN([C@@H](C)c3ccc(S(C)(=O)=O)cc3)[C@@H](C)C2)CC1. The van der Waals surface area contributed by atoms with Crippen LogP contribution in [0.3, 0.4) is 0 Å². The number of aryl methyl sites for hydroxylation is 2. The molecule has 2 atom stereocenters. The second-order valence-electron chi connectivity index (χ2n) is 10.4. The minimum atomic E-state index is -3.18. The summed E-state index contributed by atoms with van der Waals surface area (Å²) in [5, 5.41) is 0. The lowest BCUT2D eigenvalue weighted by molar-refractivity contribution is 0.0135. The van der Waals surface area contributed by atoms with Gasteiger partial charge in [-0.1, -0.05) is 30.3 Å². The van der Waals surface area contributed by atoms with Gasteiger partial charge in [-0.2, -0.15) is 0 Å². The number of piperidine rings is 1. The van der Waals surface area contributed by atoms with Gasteiger partial charge in [0.15, 0.2) is 9.84 Å². The number of carbonyl (C=O) groups excluding carboxylic acids is 1. The number of nitrogens with zero attached hydrogens (tertiary/aromatic N) is 3. The fourth-order valence-corrected chi connectivity index (χ4v) is 6.47. The number of amides is 1. The maximum atomic E-state index is 13.2. The number of piperazine rings is 1. The highest BCUT2D eigenvalue weighted by Gasteiger charge is 2.34. The van der Waals surface area contributed by atoms with E-state index in [1.807, 2.05) is 49.1 Å². The third-order valence-corrected chi connectivity index (χ3v) is 9.09. The first-order chi connectivity index (χ1) is 16.6. The van der Waals surface area contributed by atoms with Crippen LogP contribution in [-0.4, -0.2) is 80.1 Å². The summed E-state index contributed by atoms with van der Waals surface area (Å²) in [5.74, 6) is 0.174. The fraction of sp³-hybridized carbons (Fsp3) is 0.536. The van der Waals surface area contributed by atoms with E-state index in [1.54, 1.807) is 12.1 Å². The van der Waals surface area contributed by atoms with Crippen molar-refractivity contribution in [3.8, 4) is 0 Å². The van der Waals surface area contributed by atoms with Gasteiger partial charge in [0.05, 0.1) is 4.90 Å². The summed E-state index contributed by atoms with van der Waals surface area (Å²) in [6, 6.07) is 14.5. The molecule has 0 bridgehead atoms. The molecule has 0 unspecified atom stereocenters. The molecular weight excluding hydrogens is 458 g/mol. The van der Waals surface area contributed by atoms with Crippen molar-refractivity contribution in [3.05, 3.63) is 64.7 Å². The van der Waals surface area contributed by atoms with E-state index in [2.05, 4.69) is 23.6 Å². The maximum Gasteiger partial charge on any atom is 0.254 e. The van der Waals surface area contributed by atoms with Crippen LogP contribution in [0.15, 0.2) is 47.4 Å². The zero-order chi connectivity index (χ0) is 25.3. The fourth-order valence-electron chi connectivity index (χ4n) is 5.84. The lowest BCUT2D eigenvalue weighted by atomic mass is 9.97. The maximum absolute atomic E-state index is 13.2. The zero-order valence-corrected chi connectivity index (χ0v) is 22.5. The molecule has 2 fully saturated rings. The third kappa shape index (κ3) is 5.63. The van der Waals surface area contributed by atoms with Crippen molar-refractivity contribution in [1.82, 2.24) is 14.7 Å². The molecule has 2 heterocycles. The lowest BCUT2D eigenvalue weighted by Crippen LogP contribution is -2.57. The Kier molecular flexibility index (Phi) is 7.69. The highest BCUT2D eigenvalue weighted by Crippen LogP contribution is 2.29. The van der Waals surface area contributed by atoms with Crippen LogP contribution in [0.4, 0.5) is 0 Å². The summed E-state index contributed by atoms with van der Waals surface area (Å²) in [7, 11) is -3.18. The smallest absolute Gasteiger partial charge is 0.254 e. The molecule has 0 aliphatic carbocycles. The molecule has 0 N–H and O–H groups in total.